The lowest BCUT2D eigenvalue weighted by Gasteiger charge is -1.97. The Morgan fingerprint density at radius 1 is 0.545 bits per heavy atom. The predicted molar refractivity (Wildman–Crippen MR) is 88.8 cm³/mol. The topological polar surface area (TPSA) is 127 Å². The lowest BCUT2D eigenvalue weighted by Crippen LogP contribution is -1.99. The van der Waals surface area contributed by atoms with Gasteiger partial charge in [0.1, 0.15) is 0 Å². The summed E-state index contributed by atoms with van der Waals surface area (Å²) in [5, 5.41) is 16.5. The van der Waals surface area contributed by atoms with Crippen molar-refractivity contribution in [2.24, 2.45) is 11.5 Å². The van der Waals surface area contributed by atoms with Crippen LogP contribution in [0.3, 0.4) is 0 Å². The first-order chi connectivity index (χ1) is 10.5. The zero-order valence-electron chi connectivity index (χ0n) is 13.8. The first kappa shape index (κ1) is 23.1. The molecule has 0 aliphatic heterocycles. The van der Waals surface area contributed by atoms with Crippen LogP contribution in [0.25, 0.3) is 0 Å². The van der Waals surface area contributed by atoms with Gasteiger partial charge < -0.3 is 21.7 Å². The van der Waals surface area contributed by atoms with Crippen molar-refractivity contribution < 1.29 is 19.8 Å². The molecule has 132 valence electrons. The number of hydrogen-bond donors (Lipinski definition) is 4. The van der Waals surface area contributed by atoms with E-state index in [9.17, 15) is 9.59 Å². The van der Waals surface area contributed by atoms with Crippen LogP contribution in [0.1, 0.15) is 77.0 Å². The second-order valence-corrected chi connectivity index (χ2v) is 5.40. The molecule has 0 saturated carbocycles. The minimum atomic E-state index is -0.784. The molecule has 0 fully saturated rings. The first-order valence-corrected chi connectivity index (χ1v) is 8.38. The van der Waals surface area contributed by atoms with Crippen molar-refractivity contribution in [2.45, 2.75) is 77.0 Å². The summed E-state index contributed by atoms with van der Waals surface area (Å²) in [6.45, 7) is 1.69. The number of carboxylic acid groups (broad SMARTS) is 2. The van der Waals surface area contributed by atoms with Crippen LogP contribution in [0.15, 0.2) is 0 Å². The molecule has 6 heteroatoms. The Morgan fingerprint density at radius 2 is 0.818 bits per heavy atom. The molecular formula is C16H34N2O4. The van der Waals surface area contributed by atoms with E-state index >= 15 is 0 Å². The van der Waals surface area contributed by atoms with Crippen LogP contribution in [-0.4, -0.2) is 35.2 Å². The zero-order chi connectivity index (χ0) is 17.1. The molecule has 0 unspecified atom stereocenters. The lowest BCUT2D eigenvalue weighted by atomic mass is 10.1. The maximum absolute atomic E-state index is 10.0. The van der Waals surface area contributed by atoms with Gasteiger partial charge in [0.2, 0.25) is 0 Å². The first-order valence-electron chi connectivity index (χ1n) is 8.38. The van der Waals surface area contributed by atoms with Gasteiger partial charge in [0.15, 0.2) is 0 Å². The predicted octanol–water partition coefficient (Wildman–Crippen LogP) is 2.74. The fourth-order valence-electron chi connectivity index (χ4n) is 1.90. The second kappa shape index (κ2) is 19.9. The smallest absolute Gasteiger partial charge is 0.303 e. The van der Waals surface area contributed by atoms with Crippen molar-refractivity contribution in [1.82, 2.24) is 0 Å². The number of unbranched alkanes of at least 4 members (excludes halogenated alkanes) is 8. The monoisotopic (exact) mass is 318 g/mol. The molecule has 0 atom stereocenters. The van der Waals surface area contributed by atoms with Crippen LogP contribution in [0, 0.1) is 0 Å². The van der Waals surface area contributed by atoms with E-state index in [4.69, 9.17) is 21.7 Å². The van der Waals surface area contributed by atoms with E-state index in [0.29, 0.717) is 12.8 Å². The highest BCUT2D eigenvalue weighted by molar-refractivity contribution is 5.66. The third-order valence-electron chi connectivity index (χ3n) is 3.19. The summed E-state index contributed by atoms with van der Waals surface area (Å²) in [6, 6.07) is 0. The molecule has 6 N–H and O–H groups in total. The van der Waals surface area contributed by atoms with E-state index in [-0.39, 0.29) is 12.8 Å². The van der Waals surface area contributed by atoms with Gasteiger partial charge in [0.25, 0.3) is 0 Å². The molecule has 0 bridgehead atoms. The Bertz CT molecular complexity index is 235. The number of carbonyl (C=O) groups is 2. The number of aliphatic carboxylic acids is 2. The van der Waals surface area contributed by atoms with Gasteiger partial charge in [-0.3, -0.25) is 9.59 Å². The summed E-state index contributed by atoms with van der Waals surface area (Å²) in [4.78, 5) is 20.1. The Hall–Kier alpha value is -1.14. The molecule has 0 rings (SSSR count). The molecule has 6 nitrogen and oxygen atoms in total. The third kappa shape index (κ3) is 27.2. The quantitative estimate of drug-likeness (QED) is 0.365. The normalized spacial score (nSPS) is 9.91. The van der Waals surface area contributed by atoms with E-state index in [1.807, 2.05) is 0 Å². The van der Waals surface area contributed by atoms with Gasteiger partial charge in [-0.25, -0.2) is 0 Å². The van der Waals surface area contributed by atoms with E-state index in [0.717, 1.165) is 25.9 Å². The Balaban J connectivity index is 0. The zero-order valence-corrected chi connectivity index (χ0v) is 13.8. The van der Waals surface area contributed by atoms with E-state index < -0.39 is 11.9 Å². The van der Waals surface area contributed by atoms with Crippen molar-refractivity contribution in [2.75, 3.05) is 13.1 Å². The Labute approximate surface area is 134 Å². The fraction of sp³-hybridized carbons (Fsp3) is 0.875. The van der Waals surface area contributed by atoms with E-state index in [1.54, 1.807) is 0 Å². The van der Waals surface area contributed by atoms with Gasteiger partial charge in [0.05, 0.1) is 0 Å². The highest BCUT2D eigenvalue weighted by atomic mass is 16.4. The van der Waals surface area contributed by atoms with Gasteiger partial charge in [-0.05, 0) is 38.8 Å². The minimum Gasteiger partial charge on any atom is -0.481 e. The lowest BCUT2D eigenvalue weighted by molar-refractivity contribution is -0.138. The van der Waals surface area contributed by atoms with Gasteiger partial charge in [-0.2, -0.15) is 0 Å². The van der Waals surface area contributed by atoms with Crippen LogP contribution in [0.4, 0.5) is 0 Å². The van der Waals surface area contributed by atoms with Crippen LogP contribution in [0.5, 0.6) is 0 Å². The van der Waals surface area contributed by atoms with Gasteiger partial charge in [0, 0.05) is 12.8 Å². The molecule has 0 spiro atoms. The average Bonchev–Trinajstić information content (AvgIpc) is 2.46. The molecule has 0 radical (unpaired) electrons. The van der Waals surface area contributed by atoms with Crippen molar-refractivity contribution >= 4 is 11.9 Å². The standard InChI is InChI=1S/C8H20N2.C8H14O4/c9-7-5-3-1-2-4-6-8-10;9-7(10)5-3-1-2-4-6-8(11)12/h1-10H2;1-6H2,(H,9,10)(H,11,12). The second-order valence-electron chi connectivity index (χ2n) is 5.40. The summed E-state index contributed by atoms with van der Waals surface area (Å²) in [6.07, 6.45) is 10.9. The molecule has 0 aromatic rings. The van der Waals surface area contributed by atoms with E-state index in [1.165, 1.54) is 38.5 Å². The van der Waals surface area contributed by atoms with E-state index in [2.05, 4.69) is 0 Å². The molecule has 0 aliphatic carbocycles. The molecule has 0 saturated heterocycles. The van der Waals surface area contributed by atoms with Gasteiger partial charge >= 0.3 is 11.9 Å². The highest BCUT2D eigenvalue weighted by Crippen LogP contribution is 2.05. The summed E-state index contributed by atoms with van der Waals surface area (Å²) in [7, 11) is 0. The average molecular weight is 318 g/mol. The summed E-state index contributed by atoms with van der Waals surface area (Å²) >= 11 is 0. The molecule has 22 heavy (non-hydrogen) atoms. The van der Waals surface area contributed by atoms with Crippen LogP contribution < -0.4 is 11.5 Å². The number of carboxylic acids is 2. The van der Waals surface area contributed by atoms with Crippen LogP contribution in [-0.2, 0) is 9.59 Å². The molecular weight excluding hydrogens is 284 g/mol. The minimum absolute atomic E-state index is 0.188. The maximum Gasteiger partial charge on any atom is 0.303 e. The summed E-state index contributed by atoms with van der Waals surface area (Å²) < 4.78 is 0. The van der Waals surface area contributed by atoms with Crippen molar-refractivity contribution in [1.29, 1.82) is 0 Å². The number of nitrogens with two attached hydrogens (primary N) is 2. The van der Waals surface area contributed by atoms with Crippen molar-refractivity contribution in [3.63, 3.8) is 0 Å². The Morgan fingerprint density at radius 3 is 1.09 bits per heavy atom. The van der Waals surface area contributed by atoms with Crippen molar-refractivity contribution in [3.8, 4) is 0 Å². The number of hydrogen-bond acceptors (Lipinski definition) is 4. The van der Waals surface area contributed by atoms with Gasteiger partial charge in [-0.1, -0.05) is 38.5 Å². The highest BCUT2D eigenvalue weighted by Gasteiger charge is 1.98. The number of rotatable bonds is 14. The molecule has 0 aromatic carbocycles. The fourth-order valence-corrected chi connectivity index (χ4v) is 1.90. The Kier molecular flexibility index (Phi) is 20.9. The molecule has 0 heterocycles. The molecule has 0 aromatic heterocycles. The maximum atomic E-state index is 10.0. The summed E-state index contributed by atoms with van der Waals surface area (Å²) in [5.74, 6) is -1.57. The van der Waals surface area contributed by atoms with Crippen LogP contribution in [0.2, 0.25) is 0 Å². The largest absolute Gasteiger partial charge is 0.481 e. The third-order valence-corrected chi connectivity index (χ3v) is 3.19. The SMILES string of the molecule is NCCCCCCCCN.O=C(O)CCCCCCC(=O)O. The molecule has 0 amide bonds. The van der Waals surface area contributed by atoms with Gasteiger partial charge in [-0.15, -0.1) is 0 Å². The summed E-state index contributed by atoms with van der Waals surface area (Å²) in [5.41, 5.74) is 10.7. The van der Waals surface area contributed by atoms with Crippen molar-refractivity contribution in [3.05, 3.63) is 0 Å². The molecule has 0 aliphatic rings. The van der Waals surface area contributed by atoms with Crippen LogP contribution >= 0.6 is 0 Å².